The Hall–Kier alpha value is -1.79. The number of carbonyl (C=O) groups excluding carboxylic acids is 3. The Kier molecular flexibility index (Phi) is 4.21. The Bertz CT molecular complexity index is 523. The molecule has 3 rings (SSSR count). The van der Waals surface area contributed by atoms with E-state index in [1.807, 2.05) is 6.92 Å². The summed E-state index contributed by atoms with van der Waals surface area (Å²) in [5.41, 5.74) is -0.622. The SMILES string of the molecule is CCC[C@]12CCCN1C(=O)N([C@@H]1CCN(C(=O)OCC)C1)C2=O. The lowest BCUT2D eigenvalue weighted by Gasteiger charge is -2.27. The number of hydrogen-bond donors (Lipinski definition) is 0. The Morgan fingerprint density at radius 3 is 2.78 bits per heavy atom. The highest BCUT2D eigenvalue weighted by molar-refractivity contribution is 6.07. The van der Waals surface area contributed by atoms with Crippen LogP contribution in [0.5, 0.6) is 0 Å². The number of imide groups is 1. The van der Waals surface area contributed by atoms with Gasteiger partial charge in [0.2, 0.25) is 0 Å². The second kappa shape index (κ2) is 6.02. The van der Waals surface area contributed by atoms with Crippen molar-refractivity contribution in [2.24, 2.45) is 0 Å². The monoisotopic (exact) mass is 323 g/mol. The molecule has 0 aromatic rings. The first kappa shape index (κ1) is 16.1. The van der Waals surface area contributed by atoms with E-state index < -0.39 is 5.54 Å². The van der Waals surface area contributed by atoms with Crippen LogP contribution in [0.15, 0.2) is 0 Å². The summed E-state index contributed by atoms with van der Waals surface area (Å²) in [5.74, 6) is -0.0578. The Morgan fingerprint density at radius 1 is 1.30 bits per heavy atom. The molecule has 4 amide bonds. The van der Waals surface area contributed by atoms with Crippen molar-refractivity contribution in [3.8, 4) is 0 Å². The van der Waals surface area contributed by atoms with Gasteiger partial charge in [0, 0.05) is 19.6 Å². The number of amides is 4. The van der Waals surface area contributed by atoms with Gasteiger partial charge < -0.3 is 14.5 Å². The maximum atomic E-state index is 13.0. The molecule has 3 fully saturated rings. The van der Waals surface area contributed by atoms with Crippen LogP contribution in [-0.2, 0) is 9.53 Å². The van der Waals surface area contributed by atoms with E-state index in [9.17, 15) is 14.4 Å². The van der Waals surface area contributed by atoms with Crippen molar-refractivity contribution in [3.05, 3.63) is 0 Å². The van der Waals surface area contributed by atoms with Gasteiger partial charge in [-0.1, -0.05) is 13.3 Å². The Balaban J connectivity index is 1.76. The van der Waals surface area contributed by atoms with Gasteiger partial charge in [0.1, 0.15) is 5.54 Å². The van der Waals surface area contributed by atoms with Gasteiger partial charge in [0.15, 0.2) is 0 Å². The van der Waals surface area contributed by atoms with Crippen LogP contribution in [-0.4, -0.2) is 70.6 Å². The van der Waals surface area contributed by atoms with Gasteiger partial charge in [-0.2, -0.15) is 0 Å². The normalized spacial score (nSPS) is 30.3. The lowest BCUT2D eigenvalue weighted by Crippen LogP contribution is -2.47. The first-order chi connectivity index (χ1) is 11.0. The molecule has 7 heteroatoms. The van der Waals surface area contributed by atoms with Crippen molar-refractivity contribution in [1.82, 2.24) is 14.7 Å². The minimum absolute atomic E-state index is 0.0578. The molecule has 3 heterocycles. The zero-order valence-corrected chi connectivity index (χ0v) is 13.9. The molecule has 0 radical (unpaired) electrons. The highest BCUT2D eigenvalue weighted by Gasteiger charge is 2.60. The molecule has 3 aliphatic heterocycles. The minimum atomic E-state index is -0.622. The van der Waals surface area contributed by atoms with E-state index in [4.69, 9.17) is 4.74 Å². The molecule has 2 atom stereocenters. The highest BCUT2D eigenvalue weighted by atomic mass is 16.6. The summed E-state index contributed by atoms with van der Waals surface area (Å²) in [5, 5.41) is 0. The first-order valence-corrected chi connectivity index (χ1v) is 8.62. The molecule has 0 unspecified atom stereocenters. The van der Waals surface area contributed by atoms with Crippen LogP contribution in [0.3, 0.4) is 0 Å². The molecular weight excluding hydrogens is 298 g/mol. The summed E-state index contributed by atoms with van der Waals surface area (Å²) >= 11 is 0. The van der Waals surface area contributed by atoms with Crippen molar-refractivity contribution in [1.29, 1.82) is 0 Å². The molecular formula is C16H25N3O4. The zero-order valence-electron chi connectivity index (χ0n) is 13.9. The van der Waals surface area contributed by atoms with E-state index in [1.54, 1.807) is 16.7 Å². The fourth-order valence-electron chi connectivity index (χ4n) is 4.26. The average molecular weight is 323 g/mol. The fourth-order valence-corrected chi connectivity index (χ4v) is 4.26. The van der Waals surface area contributed by atoms with E-state index in [0.29, 0.717) is 32.7 Å². The number of likely N-dealkylation sites (tertiary alicyclic amines) is 1. The second-order valence-electron chi connectivity index (χ2n) is 6.58. The van der Waals surface area contributed by atoms with Gasteiger partial charge in [-0.15, -0.1) is 0 Å². The van der Waals surface area contributed by atoms with Crippen molar-refractivity contribution in [3.63, 3.8) is 0 Å². The predicted molar refractivity (Wildman–Crippen MR) is 82.8 cm³/mol. The molecule has 0 bridgehead atoms. The third-order valence-corrected chi connectivity index (χ3v) is 5.26. The number of carbonyl (C=O) groups is 3. The van der Waals surface area contributed by atoms with E-state index in [1.165, 1.54) is 4.90 Å². The summed E-state index contributed by atoms with van der Waals surface area (Å²) in [6, 6.07) is -0.393. The van der Waals surface area contributed by atoms with Crippen molar-refractivity contribution in [2.75, 3.05) is 26.2 Å². The number of rotatable bonds is 4. The average Bonchev–Trinajstić information content (AvgIpc) is 3.19. The van der Waals surface area contributed by atoms with Crippen molar-refractivity contribution in [2.45, 2.75) is 57.5 Å². The predicted octanol–water partition coefficient (Wildman–Crippen LogP) is 1.81. The second-order valence-corrected chi connectivity index (χ2v) is 6.58. The third kappa shape index (κ3) is 2.37. The number of ether oxygens (including phenoxy) is 1. The molecule has 128 valence electrons. The van der Waals surface area contributed by atoms with Crippen LogP contribution in [0.2, 0.25) is 0 Å². The molecule has 3 aliphatic rings. The molecule has 0 spiro atoms. The van der Waals surface area contributed by atoms with Gasteiger partial charge in [-0.3, -0.25) is 9.69 Å². The van der Waals surface area contributed by atoms with Gasteiger partial charge in [-0.05, 0) is 32.6 Å². The van der Waals surface area contributed by atoms with Crippen LogP contribution in [0, 0.1) is 0 Å². The van der Waals surface area contributed by atoms with E-state index in [2.05, 4.69) is 0 Å². The third-order valence-electron chi connectivity index (χ3n) is 5.26. The van der Waals surface area contributed by atoms with E-state index in [0.717, 1.165) is 25.7 Å². The first-order valence-electron chi connectivity index (χ1n) is 8.62. The molecule has 0 aromatic carbocycles. The molecule has 7 nitrogen and oxygen atoms in total. The van der Waals surface area contributed by atoms with Gasteiger partial charge in [-0.25, -0.2) is 9.59 Å². The number of hydrogen-bond acceptors (Lipinski definition) is 4. The Labute approximate surface area is 136 Å². The summed E-state index contributed by atoms with van der Waals surface area (Å²) in [6.07, 6.45) is 3.52. The van der Waals surface area contributed by atoms with Crippen molar-refractivity contribution < 1.29 is 19.1 Å². The fraction of sp³-hybridized carbons (Fsp3) is 0.812. The standard InChI is InChI=1S/C16H25N3O4/c1-3-7-16-8-5-9-18(16)14(21)19(13(16)20)12-6-10-17(11-12)15(22)23-4-2/h12H,3-11H2,1-2H3/t12-,16-/m1/s1. The Morgan fingerprint density at radius 2 is 2.09 bits per heavy atom. The molecule has 0 aromatic heterocycles. The number of nitrogens with zero attached hydrogens (tertiary/aromatic N) is 3. The van der Waals surface area contributed by atoms with E-state index >= 15 is 0 Å². The van der Waals surface area contributed by atoms with Crippen LogP contribution >= 0.6 is 0 Å². The van der Waals surface area contributed by atoms with Crippen LogP contribution < -0.4 is 0 Å². The zero-order chi connectivity index (χ0) is 16.6. The lowest BCUT2D eigenvalue weighted by molar-refractivity contribution is -0.134. The molecule has 0 aliphatic carbocycles. The van der Waals surface area contributed by atoms with Gasteiger partial charge in [0.05, 0.1) is 12.6 Å². The quantitative estimate of drug-likeness (QED) is 0.740. The maximum Gasteiger partial charge on any atom is 0.409 e. The van der Waals surface area contributed by atoms with E-state index in [-0.39, 0.29) is 24.1 Å². The highest BCUT2D eigenvalue weighted by Crippen LogP contribution is 2.42. The number of fused-ring (bicyclic) bond motifs is 1. The lowest BCUT2D eigenvalue weighted by atomic mass is 9.90. The van der Waals surface area contributed by atoms with Crippen LogP contribution in [0.25, 0.3) is 0 Å². The minimum Gasteiger partial charge on any atom is -0.450 e. The van der Waals surface area contributed by atoms with Gasteiger partial charge >= 0.3 is 12.1 Å². The molecule has 23 heavy (non-hydrogen) atoms. The largest absolute Gasteiger partial charge is 0.450 e. The maximum absolute atomic E-state index is 13.0. The summed E-state index contributed by atoms with van der Waals surface area (Å²) in [4.78, 5) is 42.4. The van der Waals surface area contributed by atoms with Crippen molar-refractivity contribution >= 4 is 18.0 Å². The summed E-state index contributed by atoms with van der Waals surface area (Å²) < 4.78 is 5.01. The molecule has 3 saturated heterocycles. The number of urea groups is 1. The summed E-state index contributed by atoms with van der Waals surface area (Å²) in [6.45, 7) is 5.71. The van der Waals surface area contributed by atoms with Crippen LogP contribution in [0.1, 0.15) is 46.0 Å². The molecule has 0 saturated carbocycles. The smallest absolute Gasteiger partial charge is 0.409 e. The topological polar surface area (TPSA) is 70.2 Å². The summed E-state index contributed by atoms with van der Waals surface area (Å²) in [7, 11) is 0. The molecule has 0 N–H and O–H groups in total. The van der Waals surface area contributed by atoms with Crippen LogP contribution in [0.4, 0.5) is 9.59 Å². The van der Waals surface area contributed by atoms with Gasteiger partial charge in [0.25, 0.3) is 5.91 Å².